The summed E-state index contributed by atoms with van der Waals surface area (Å²) >= 11 is 0. The minimum absolute atomic E-state index is 0.108. The number of carbonyl (C=O) groups is 2. The molecule has 1 aromatic carbocycles. The third kappa shape index (κ3) is 6.50. The van der Waals surface area contributed by atoms with Crippen LogP contribution >= 0.6 is 0 Å². The van der Waals surface area contributed by atoms with Crippen molar-refractivity contribution in [2.45, 2.75) is 58.5 Å². The molecule has 0 aliphatic rings. The van der Waals surface area contributed by atoms with Gasteiger partial charge in [0.1, 0.15) is 6.42 Å². The summed E-state index contributed by atoms with van der Waals surface area (Å²) in [6.45, 7) is 4.05. The first-order chi connectivity index (χ1) is 9.63. The van der Waals surface area contributed by atoms with Gasteiger partial charge in [-0.1, -0.05) is 56.5 Å². The van der Waals surface area contributed by atoms with Gasteiger partial charge in [-0.25, -0.2) is 0 Å². The van der Waals surface area contributed by atoms with Crippen LogP contribution in [0.1, 0.15) is 62.7 Å². The van der Waals surface area contributed by atoms with E-state index >= 15 is 0 Å². The molecule has 0 aromatic heterocycles. The summed E-state index contributed by atoms with van der Waals surface area (Å²) in [4.78, 5) is 23.5. The van der Waals surface area contributed by atoms with E-state index in [1.807, 2.05) is 13.0 Å². The van der Waals surface area contributed by atoms with Gasteiger partial charge in [-0.2, -0.15) is 0 Å². The molecule has 0 radical (unpaired) electrons. The molecule has 1 aromatic rings. The first kappa shape index (κ1) is 16.4. The van der Waals surface area contributed by atoms with Crippen LogP contribution in [0.3, 0.4) is 0 Å². The fourth-order valence-electron chi connectivity index (χ4n) is 2.04. The van der Waals surface area contributed by atoms with Crippen LogP contribution in [0.2, 0.25) is 0 Å². The predicted molar refractivity (Wildman–Crippen MR) is 79.7 cm³/mol. The van der Waals surface area contributed by atoms with E-state index in [4.69, 9.17) is 4.74 Å². The topological polar surface area (TPSA) is 43.4 Å². The lowest BCUT2D eigenvalue weighted by Crippen LogP contribution is -2.18. The summed E-state index contributed by atoms with van der Waals surface area (Å²) in [5, 5.41) is 0. The normalized spacial score (nSPS) is 11.9. The quantitative estimate of drug-likeness (QED) is 0.294. The van der Waals surface area contributed by atoms with Gasteiger partial charge < -0.3 is 4.74 Å². The molecule has 20 heavy (non-hydrogen) atoms. The summed E-state index contributed by atoms with van der Waals surface area (Å²) in [7, 11) is 0. The molecule has 3 heteroatoms. The maximum Gasteiger partial charge on any atom is 0.313 e. The van der Waals surface area contributed by atoms with E-state index in [1.165, 1.54) is 19.3 Å². The molecule has 0 N–H and O–H groups in total. The second-order valence-electron chi connectivity index (χ2n) is 5.12. The Morgan fingerprint density at radius 2 is 1.80 bits per heavy atom. The van der Waals surface area contributed by atoms with Crippen molar-refractivity contribution in [3.8, 4) is 0 Å². The van der Waals surface area contributed by atoms with Gasteiger partial charge in [0, 0.05) is 5.56 Å². The average molecular weight is 276 g/mol. The maximum atomic E-state index is 11.8. The molecule has 0 unspecified atom stereocenters. The van der Waals surface area contributed by atoms with Crippen LogP contribution in [0.25, 0.3) is 0 Å². The Balaban J connectivity index is 2.27. The van der Waals surface area contributed by atoms with Crippen LogP contribution in [0, 0.1) is 0 Å². The van der Waals surface area contributed by atoms with E-state index in [0.717, 1.165) is 12.8 Å². The van der Waals surface area contributed by atoms with Crippen molar-refractivity contribution in [3.05, 3.63) is 35.9 Å². The zero-order chi connectivity index (χ0) is 14.8. The molecular weight excluding hydrogens is 252 g/mol. The number of hydrogen-bond donors (Lipinski definition) is 0. The van der Waals surface area contributed by atoms with Crippen LogP contribution in [0.5, 0.6) is 0 Å². The second kappa shape index (κ2) is 9.29. The molecule has 0 fully saturated rings. The van der Waals surface area contributed by atoms with Gasteiger partial charge in [-0.3, -0.25) is 9.59 Å². The summed E-state index contributed by atoms with van der Waals surface area (Å²) < 4.78 is 5.26. The van der Waals surface area contributed by atoms with Gasteiger partial charge in [0.15, 0.2) is 5.78 Å². The number of Topliss-reactive ketones (excluding diaryl/α,β-unsaturated/α-hetero) is 1. The maximum absolute atomic E-state index is 11.8. The fraction of sp³-hybridized carbons (Fsp3) is 0.529. The highest BCUT2D eigenvalue weighted by Crippen LogP contribution is 2.10. The summed E-state index contributed by atoms with van der Waals surface area (Å²) in [5.41, 5.74) is 0.556. The molecule has 0 saturated carbocycles. The van der Waals surface area contributed by atoms with Gasteiger partial charge in [-0.05, 0) is 19.8 Å². The first-order valence-electron chi connectivity index (χ1n) is 7.41. The van der Waals surface area contributed by atoms with E-state index in [0.29, 0.717) is 5.56 Å². The summed E-state index contributed by atoms with van der Waals surface area (Å²) in [5.74, 6) is -0.615. The Morgan fingerprint density at radius 1 is 1.10 bits per heavy atom. The highest BCUT2D eigenvalue weighted by atomic mass is 16.5. The molecule has 0 heterocycles. The molecule has 0 bridgehead atoms. The molecule has 0 saturated heterocycles. The van der Waals surface area contributed by atoms with E-state index < -0.39 is 5.97 Å². The van der Waals surface area contributed by atoms with E-state index in [1.54, 1.807) is 24.3 Å². The largest absolute Gasteiger partial charge is 0.462 e. The first-order valence-corrected chi connectivity index (χ1v) is 7.41. The monoisotopic (exact) mass is 276 g/mol. The zero-order valence-corrected chi connectivity index (χ0v) is 12.4. The predicted octanol–water partition coefficient (Wildman–Crippen LogP) is 4.16. The number of unbranched alkanes of at least 4 members (excludes halogenated alkanes) is 3. The number of ketones is 1. The highest BCUT2D eigenvalue weighted by molar-refractivity contribution is 6.05. The molecule has 3 nitrogen and oxygen atoms in total. The van der Waals surface area contributed by atoms with Gasteiger partial charge >= 0.3 is 5.97 Å². The summed E-state index contributed by atoms with van der Waals surface area (Å²) in [6, 6.07) is 8.84. The van der Waals surface area contributed by atoms with Crippen molar-refractivity contribution < 1.29 is 14.3 Å². The number of ether oxygens (including phenoxy) is 1. The van der Waals surface area contributed by atoms with E-state index in [2.05, 4.69) is 6.92 Å². The van der Waals surface area contributed by atoms with Crippen LogP contribution < -0.4 is 0 Å². The van der Waals surface area contributed by atoms with Crippen molar-refractivity contribution >= 4 is 11.8 Å². The molecular formula is C17H24O3. The third-order valence-corrected chi connectivity index (χ3v) is 3.20. The van der Waals surface area contributed by atoms with E-state index in [-0.39, 0.29) is 18.3 Å². The van der Waals surface area contributed by atoms with Crippen LogP contribution in [-0.4, -0.2) is 17.9 Å². The van der Waals surface area contributed by atoms with Crippen molar-refractivity contribution in [1.29, 1.82) is 0 Å². The fourth-order valence-corrected chi connectivity index (χ4v) is 2.04. The van der Waals surface area contributed by atoms with Crippen molar-refractivity contribution in [2.75, 3.05) is 0 Å². The lowest BCUT2D eigenvalue weighted by atomic mass is 10.1. The minimum atomic E-state index is -0.429. The Bertz CT molecular complexity index is 412. The van der Waals surface area contributed by atoms with Gasteiger partial charge in [0.05, 0.1) is 6.10 Å². The van der Waals surface area contributed by atoms with Crippen molar-refractivity contribution in [2.24, 2.45) is 0 Å². The number of hydrogen-bond acceptors (Lipinski definition) is 3. The van der Waals surface area contributed by atoms with Crippen LogP contribution in [0.4, 0.5) is 0 Å². The average Bonchev–Trinajstić information content (AvgIpc) is 2.44. The van der Waals surface area contributed by atoms with E-state index in [9.17, 15) is 9.59 Å². The highest BCUT2D eigenvalue weighted by Gasteiger charge is 2.15. The third-order valence-electron chi connectivity index (χ3n) is 3.20. The van der Waals surface area contributed by atoms with Gasteiger partial charge in [0.25, 0.3) is 0 Å². The molecule has 0 amide bonds. The second-order valence-corrected chi connectivity index (χ2v) is 5.12. The molecule has 1 atom stereocenters. The molecule has 1 rings (SSSR count). The zero-order valence-electron chi connectivity index (χ0n) is 12.4. The smallest absolute Gasteiger partial charge is 0.313 e. The molecule has 0 spiro atoms. The Morgan fingerprint density at radius 3 is 2.45 bits per heavy atom. The SMILES string of the molecule is CCCCCC[C@H](C)OC(=O)CC(=O)c1ccccc1. The minimum Gasteiger partial charge on any atom is -0.462 e. The van der Waals surface area contributed by atoms with Crippen molar-refractivity contribution in [3.63, 3.8) is 0 Å². The lowest BCUT2D eigenvalue weighted by molar-refractivity contribution is -0.147. The molecule has 0 aliphatic carbocycles. The summed E-state index contributed by atoms with van der Waals surface area (Å²) in [6.07, 6.45) is 5.22. The van der Waals surface area contributed by atoms with Crippen molar-refractivity contribution in [1.82, 2.24) is 0 Å². The van der Waals surface area contributed by atoms with Crippen LogP contribution in [-0.2, 0) is 9.53 Å². The Labute approximate surface area is 121 Å². The standard InChI is InChI=1S/C17H24O3/c1-3-4-5-7-10-14(2)20-17(19)13-16(18)15-11-8-6-9-12-15/h6,8-9,11-12,14H,3-5,7,10,13H2,1-2H3/t14-/m0/s1. The molecule has 110 valence electrons. The number of rotatable bonds is 9. The number of benzene rings is 1. The van der Waals surface area contributed by atoms with Crippen LogP contribution in [0.15, 0.2) is 30.3 Å². The van der Waals surface area contributed by atoms with Gasteiger partial charge in [0.2, 0.25) is 0 Å². The Hall–Kier alpha value is -1.64. The molecule has 0 aliphatic heterocycles. The van der Waals surface area contributed by atoms with Gasteiger partial charge in [-0.15, -0.1) is 0 Å². The number of esters is 1. The lowest BCUT2D eigenvalue weighted by Gasteiger charge is -2.12. The Kier molecular flexibility index (Phi) is 7.63. The number of carbonyl (C=O) groups excluding carboxylic acids is 2.